The van der Waals surface area contributed by atoms with E-state index >= 15 is 0 Å². The lowest BCUT2D eigenvalue weighted by Gasteiger charge is -1.98. The predicted octanol–water partition coefficient (Wildman–Crippen LogP) is 3.13. The van der Waals surface area contributed by atoms with Gasteiger partial charge in [0.2, 0.25) is 0 Å². The van der Waals surface area contributed by atoms with Crippen molar-refractivity contribution in [1.82, 2.24) is 9.97 Å². The van der Waals surface area contributed by atoms with Crippen LogP contribution in [0.1, 0.15) is 5.82 Å². The average Bonchev–Trinajstić information content (AvgIpc) is 2.17. The Morgan fingerprint density at radius 3 is 3.00 bits per heavy atom. The van der Waals surface area contributed by atoms with Crippen LogP contribution in [0.15, 0.2) is 28.9 Å². The van der Waals surface area contributed by atoms with Crippen LogP contribution < -0.4 is 0 Å². The van der Waals surface area contributed by atoms with Crippen LogP contribution in [0.4, 0.5) is 0 Å². The first-order valence-electron chi connectivity index (χ1n) is 3.77. The van der Waals surface area contributed by atoms with Gasteiger partial charge in [-0.05, 0) is 18.2 Å². The summed E-state index contributed by atoms with van der Waals surface area (Å²) in [5, 5.41) is 1.02. The maximum absolute atomic E-state index is 5.62. The molecule has 0 aliphatic carbocycles. The number of hydrogen-bond donors (Lipinski definition) is 0. The van der Waals surface area contributed by atoms with Crippen LogP contribution in [0.25, 0.3) is 10.9 Å². The first kappa shape index (κ1) is 8.91. The van der Waals surface area contributed by atoms with Gasteiger partial charge in [0.1, 0.15) is 5.82 Å². The third-order valence-corrected chi connectivity index (χ3v) is 2.44. The summed E-state index contributed by atoms with van der Waals surface area (Å²) in [7, 11) is 0. The molecule has 0 atom stereocenters. The van der Waals surface area contributed by atoms with Crippen molar-refractivity contribution < 1.29 is 0 Å². The molecule has 0 unspecified atom stereocenters. The van der Waals surface area contributed by atoms with Crippen LogP contribution in [0, 0.1) is 0 Å². The second kappa shape index (κ2) is 3.60. The summed E-state index contributed by atoms with van der Waals surface area (Å²) < 4.78 is 1.03. The number of benzene rings is 1. The molecule has 0 saturated carbocycles. The maximum Gasteiger partial charge on any atom is 0.143 e. The van der Waals surface area contributed by atoms with Gasteiger partial charge in [-0.25, -0.2) is 9.97 Å². The molecule has 1 aromatic heterocycles. The number of fused-ring (bicyclic) bond motifs is 1. The van der Waals surface area contributed by atoms with E-state index in [4.69, 9.17) is 11.6 Å². The first-order valence-corrected chi connectivity index (χ1v) is 5.09. The van der Waals surface area contributed by atoms with Gasteiger partial charge in [-0.1, -0.05) is 15.9 Å². The van der Waals surface area contributed by atoms with Gasteiger partial charge < -0.3 is 0 Å². The Kier molecular flexibility index (Phi) is 2.47. The highest BCUT2D eigenvalue weighted by Crippen LogP contribution is 2.17. The first-order chi connectivity index (χ1) is 6.29. The highest BCUT2D eigenvalue weighted by molar-refractivity contribution is 9.10. The van der Waals surface area contributed by atoms with Crippen LogP contribution in [0.3, 0.4) is 0 Å². The van der Waals surface area contributed by atoms with Gasteiger partial charge in [-0.3, -0.25) is 0 Å². The fourth-order valence-electron chi connectivity index (χ4n) is 1.11. The molecule has 2 rings (SSSR count). The Bertz CT molecular complexity index is 445. The highest BCUT2D eigenvalue weighted by atomic mass is 79.9. The molecule has 13 heavy (non-hydrogen) atoms. The second-order valence-electron chi connectivity index (χ2n) is 2.62. The summed E-state index contributed by atoms with van der Waals surface area (Å²) in [6.07, 6.45) is 1.78. The fraction of sp³-hybridized carbons (Fsp3) is 0.111. The van der Waals surface area contributed by atoms with Crippen molar-refractivity contribution in [3.05, 3.63) is 34.7 Å². The number of alkyl halides is 1. The van der Waals surface area contributed by atoms with E-state index in [1.807, 2.05) is 18.2 Å². The van der Waals surface area contributed by atoms with Gasteiger partial charge in [0.05, 0.1) is 11.4 Å². The average molecular weight is 258 g/mol. The van der Waals surface area contributed by atoms with Crippen molar-refractivity contribution in [3.8, 4) is 0 Å². The molecule has 0 fully saturated rings. The van der Waals surface area contributed by atoms with Crippen LogP contribution >= 0.6 is 27.5 Å². The fourth-order valence-corrected chi connectivity index (χ4v) is 1.61. The summed E-state index contributed by atoms with van der Waals surface area (Å²) in [6, 6.07) is 5.87. The topological polar surface area (TPSA) is 25.8 Å². The lowest BCUT2D eigenvalue weighted by atomic mass is 10.2. The zero-order valence-electron chi connectivity index (χ0n) is 6.67. The van der Waals surface area contributed by atoms with E-state index in [1.54, 1.807) is 6.20 Å². The van der Waals surface area contributed by atoms with E-state index in [0.29, 0.717) is 11.7 Å². The zero-order valence-corrected chi connectivity index (χ0v) is 9.01. The molecule has 1 aromatic carbocycles. The van der Waals surface area contributed by atoms with Crippen molar-refractivity contribution in [2.45, 2.75) is 5.88 Å². The predicted molar refractivity (Wildman–Crippen MR) is 56.8 cm³/mol. The SMILES string of the molecule is ClCc1ncc2cc(Br)ccc2n1. The molecule has 2 nitrogen and oxygen atoms in total. The molecule has 1 heterocycles. The summed E-state index contributed by atoms with van der Waals surface area (Å²) in [5.41, 5.74) is 0.925. The molecule has 4 heteroatoms. The minimum absolute atomic E-state index is 0.353. The molecular weight excluding hydrogens is 251 g/mol. The van der Waals surface area contributed by atoms with Crippen molar-refractivity contribution in [3.63, 3.8) is 0 Å². The molecule has 0 amide bonds. The van der Waals surface area contributed by atoms with Gasteiger partial charge in [0.15, 0.2) is 0 Å². The van der Waals surface area contributed by atoms with E-state index in [9.17, 15) is 0 Å². The molecule has 0 aliphatic rings. The van der Waals surface area contributed by atoms with E-state index in [0.717, 1.165) is 15.4 Å². The smallest absolute Gasteiger partial charge is 0.143 e. The minimum atomic E-state index is 0.353. The van der Waals surface area contributed by atoms with Crippen molar-refractivity contribution in [2.24, 2.45) is 0 Å². The second-order valence-corrected chi connectivity index (χ2v) is 3.81. The van der Waals surface area contributed by atoms with Gasteiger partial charge in [0.25, 0.3) is 0 Å². The summed E-state index contributed by atoms with van der Waals surface area (Å²) in [5.74, 6) is 1.02. The Morgan fingerprint density at radius 1 is 1.38 bits per heavy atom. The summed E-state index contributed by atoms with van der Waals surface area (Å²) in [4.78, 5) is 8.37. The van der Waals surface area contributed by atoms with E-state index in [1.165, 1.54) is 0 Å². The van der Waals surface area contributed by atoms with Gasteiger partial charge >= 0.3 is 0 Å². The number of rotatable bonds is 1. The van der Waals surface area contributed by atoms with Crippen LogP contribution in [0.2, 0.25) is 0 Å². The number of nitrogens with zero attached hydrogens (tertiary/aromatic N) is 2. The van der Waals surface area contributed by atoms with Crippen LogP contribution in [0.5, 0.6) is 0 Å². The van der Waals surface area contributed by atoms with Crippen molar-refractivity contribution in [2.75, 3.05) is 0 Å². The van der Waals surface area contributed by atoms with Crippen molar-refractivity contribution >= 4 is 38.4 Å². The highest BCUT2D eigenvalue weighted by Gasteiger charge is 1.98. The van der Waals surface area contributed by atoms with Gasteiger partial charge in [-0.2, -0.15) is 0 Å². The molecule has 0 bridgehead atoms. The lowest BCUT2D eigenvalue weighted by Crippen LogP contribution is -1.90. The normalized spacial score (nSPS) is 10.6. The van der Waals surface area contributed by atoms with E-state index in [2.05, 4.69) is 25.9 Å². The quantitative estimate of drug-likeness (QED) is 0.734. The summed E-state index contributed by atoms with van der Waals surface area (Å²) in [6.45, 7) is 0. The van der Waals surface area contributed by atoms with Crippen LogP contribution in [-0.4, -0.2) is 9.97 Å². The molecular formula is C9H6BrClN2. The summed E-state index contributed by atoms with van der Waals surface area (Å²) >= 11 is 9.01. The van der Waals surface area contributed by atoms with Gasteiger partial charge in [-0.15, -0.1) is 11.6 Å². The molecule has 0 radical (unpaired) electrons. The number of aromatic nitrogens is 2. The molecule has 2 aromatic rings. The standard InChI is InChI=1S/C9H6BrClN2/c10-7-1-2-8-6(3-7)5-12-9(4-11)13-8/h1-3,5H,4H2. The largest absolute Gasteiger partial charge is 0.239 e. The Balaban J connectivity index is 2.66. The monoisotopic (exact) mass is 256 g/mol. The van der Waals surface area contributed by atoms with Crippen LogP contribution in [-0.2, 0) is 5.88 Å². The zero-order chi connectivity index (χ0) is 9.26. The molecule has 0 aliphatic heterocycles. The Hall–Kier alpha value is -0.670. The lowest BCUT2D eigenvalue weighted by molar-refractivity contribution is 1.06. The molecule has 0 spiro atoms. The number of halogens is 2. The molecule has 0 saturated heterocycles. The Labute approximate surface area is 89.1 Å². The van der Waals surface area contributed by atoms with E-state index < -0.39 is 0 Å². The third kappa shape index (κ3) is 1.81. The minimum Gasteiger partial charge on any atom is -0.239 e. The third-order valence-electron chi connectivity index (χ3n) is 1.71. The maximum atomic E-state index is 5.62. The molecule has 66 valence electrons. The van der Waals surface area contributed by atoms with Gasteiger partial charge in [0, 0.05) is 16.1 Å². The van der Waals surface area contributed by atoms with Crippen molar-refractivity contribution in [1.29, 1.82) is 0 Å². The molecule has 0 N–H and O–H groups in total. The Morgan fingerprint density at radius 2 is 2.23 bits per heavy atom. The van der Waals surface area contributed by atoms with E-state index in [-0.39, 0.29) is 0 Å². The number of hydrogen-bond acceptors (Lipinski definition) is 2.